The fourth-order valence-electron chi connectivity index (χ4n) is 3.02. The topological polar surface area (TPSA) is 19.4 Å². The summed E-state index contributed by atoms with van der Waals surface area (Å²) in [4.78, 5) is 9.45. The van der Waals surface area contributed by atoms with Gasteiger partial charge in [-0.1, -0.05) is 6.08 Å². The standard InChI is InChI=1S/C15H21N3/c1-11(2)18-9-6-13-14(18)4-7-16-15(13)12-5-8-17(3)10-12/h4-5,7,11H,6,8-10H2,1-3H3. The Balaban J connectivity index is 1.99. The summed E-state index contributed by atoms with van der Waals surface area (Å²) in [5, 5.41) is 0. The van der Waals surface area contributed by atoms with Crippen molar-refractivity contribution in [3.63, 3.8) is 0 Å². The number of aromatic nitrogens is 1. The number of likely N-dealkylation sites (N-methyl/N-ethyl adjacent to an activating group) is 1. The number of rotatable bonds is 2. The summed E-state index contributed by atoms with van der Waals surface area (Å²) in [6.07, 6.45) is 5.42. The van der Waals surface area contributed by atoms with Gasteiger partial charge in [-0.25, -0.2) is 0 Å². The van der Waals surface area contributed by atoms with Gasteiger partial charge in [-0.2, -0.15) is 0 Å². The summed E-state index contributed by atoms with van der Waals surface area (Å²) in [5.74, 6) is 0. The maximum absolute atomic E-state index is 4.64. The van der Waals surface area contributed by atoms with E-state index in [1.54, 1.807) is 0 Å². The van der Waals surface area contributed by atoms with E-state index in [0.29, 0.717) is 6.04 Å². The molecular weight excluding hydrogens is 222 g/mol. The lowest BCUT2D eigenvalue weighted by molar-refractivity contribution is 0.438. The number of nitrogens with zero attached hydrogens (tertiary/aromatic N) is 3. The molecule has 3 rings (SSSR count). The first kappa shape index (κ1) is 11.7. The molecule has 0 saturated carbocycles. The van der Waals surface area contributed by atoms with Gasteiger partial charge in [-0.05, 0) is 39.0 Å². The Morgan fingerprint density at radius 1 is 1.33 bits per heavy atom. The molecule has 0 N–H and O–H groups in total. The highest BCUT2D eigenvalue weighted by Gasteiger charge is 2.26. The molecule has 0 bridgehead atoms. The third-order valence-corrected chi connectivity index (χ3v) is 3.96. The van der Waals surface area contributed by atoms with Crippen LogP contribution in [0.1, 0.15) is 25.1 Å². The largest absolute Gasteiger partial charge is 0.368 e. The molecule has 0 amide bonds. The Labute approximate surface area is 109 Å². The van der Waals surface area contributed by atoms with Crippen LogP contribution in [0.4, 0.5) is 5.69 Å². The minimum absolute atomic E-state index is 0.571. The molecule has 0 fully saturated rings. The van der Waals surface area contributed by atoms with Gasteiger partial charge in [0, 0.05) is 43.1 Å². The maximum Gasteiger partial charge on any atom is 0.0725 e. The first-order chi connectivity index (χ1) is 8.66. The summed E-state index contributed by atoms with van der Waals surface area (Å²) < 4.78 is 0. The Bertz CT molecular complexity index is 491. The normalized spacial score (nSPS) is 19.6. The van der Waals surface area contributed by atoms with E-state index in [1.807, 2.05) is 6.20 Å². The highest BCUT2D eigenvalue weighted by molar-refractivity contribution is 5.74. The monoisotopic (exact) mass is 243 g/mol. The van der Waals surface area contributed by atoms with Crippen LogP contribution in [0.25, 0.3) is 5.57 Å². The SMILES string of the molecule is CC(C)N1CCc2c1ccnc2C1=CCN(C)C1. The molecule has 1 aromatic rings. The Morgan fingerprint density at radius 2 is 2.17 bits per heavy atom. The van der Waals surface area contributed by atoms with Crippen molar-refractivity contribution in [1.29, 1.82) is 0 Å². The van der Waals surface area contributed by atoms with Gasteiger partial charge in [0.25, 0.3) is 0 Å². The van der Waals surface area contributed by atoms with Crippen LogP contribution in [-0.2, 0) is 6.42 Å². The molecule has 18 heavy (non-hydrogen) atoms. The number of anilines is 1. The maximum atomic E-state index is 4.64. The second-order valence-corrected chi connectivity index (χ2v) is 5.62. The van der Waals surface area contributed by atoms with Crippen molar-refractivity contribution >= 4 is 11.3 Å². The van der Waals surface area contributed by atoms with E-state index in [9.17, 15) is 0 Å². The fourth-order valence-corrected chi connectivity index (χ4v) is 3.02. The predicted octanol–water partition coefficient (Wildman–Crippen LogP) is 2.18. The predicted molar refractivity (Wildman–Crippen MR) is 75.9 cm³/mol. The van der Waals surface area contributed by atoms with Gasteiger partial charge >= 0.3 is 0 Å². The van der Waals surface area contributed by atoms with Crippen molar-refractivity contribution in [2.75, 3.05) is 31.6 Å². The number of hydrogen-bond donors (Lipinski definition) is 0. The van der Waals surface area contributed by atoms with Gasteiger partial charge in [-0.3, -0.25) is 9.88 Å². The Kier molecular flexibility index (Phi) is 2.86. The molecule has 3 nitrogen and oxygen atoms in total. The molecule has 0 saturated heterocycles. The minimum Gasteiger partial charge on any atom is -0.368 e. The molecule has 2 aliphatic heterocycles. The molecule has 0 atom stereocenters. The molecule has 0 unspecified atom stereocenters. The molecule has 0 aliphatic carbocycles. The lowest BCUT2D eigenvalue weighted by atomic mass is 10.0. The van der Waals surface area contributed by atoms with Crippen LogP contribution in [-0.4, -0.2) is 42.6 Å². The van der Waals surface area contributed by atoms with E-state index in [1.165, 1.54) is 22.5 Å². The Hall–Kier alpha value is -1.35. The van der Waals surface area contributed by atoms with Crippen LogP contribution in [0, 0.1) is 0 Å². The first-order valence-electron chi connectivity index (χ1n) is 6.79. The highest BCUT2D eigenvalue weighted by Crippen LogP contribution is 2.34. The molecule has 2 aliphatic rings. The second kappa shape index (κ2) is 4.39. The third kappa shape index (κ3) is 1.83. The van der Waals surface area contributed by atoms with Crippen LogP contribution in [0.5, 0.6) is 0 Å². The lowest BCUT2D eigenvalue weighted by Gasteiger charge is -2.24. The zero-order chi connectivity index (χ0) is 12.7. The summed E-state index contributed by atoms with van der Waals surface area (Å²) in [5.41, 5.74) is 5.48. The number of pyridine rings is 1. The van der Waals surface area contributed by atoms with E-state index in [2.05, 4.69) is 47.8 Å². The molecule has 0 aromatic carbocycles. The highest BCUT2D eigenvalue weighted by atomic mass is 15.2. The molecule has 0 spiro atoms. The molecule has 0 radical (unpaired) electrons. The fraction of sp³-hybridized carbons (Fsp3) is 0.533. The van der Waals surface area contributed by atoms with Crippen LogP contribution >= 0.6 is 0 Å². The number of fused-ring (bicyclic) bond motifs is 1. The molecule has 3 heterocycles. The number of hydrogen-bond acceptors (Lipinski definition) is 3. The molecular formula is C15H21N3. The van der Waals surface area contributed by atoms with Crippen LogP contribution < -0.4 is 4.90 Å². The Morgan fingerprint density at radius 3 is 2.83 bits per heavy atom. The van der Waals surface area contributed by atoms with E-state index in [0.717, 1.165) is 26.1 Å². The summed E-state index contributed by atoms with van der Waals surface area (Å²) in [6.45, 7) is 7.74. The zero-order valence-electron chi connectivity index (χ0n) is 11.5. The van der Waals surface area contributed by atoms with Gasteiger partial charge in [0.1, 0.15) is 0 Å². The first-order valence-corrected chi connectivity index (χ1v) is 6.79. The van der Waals surface area contributed by atoms with Gasteiger partial charge in [-0.15, -0.1) is 0 Å². The average molecular weight is 243 g/mol. The molecule has 3 heteroatoms. The van der Waals surface area contributed by atoms with Gasteiger partial charge in [0.2, 0.25) is 0 Å². The molecule has 96 valence electrons. The summed E-state index contributed by atoms with van der Waals surface area (Å²) in [6, 6.07) is 2.74. The van der Waals surface area contributed by atoms with Crippen LogP contribution in [0.3, 0.4) is 0 Å². The van der Waals surface area contributed by atoms with Crippen molar-refractivity contribution in [3.05, 3.63) is 29.6 Å². The smallest absolute Gasteiger partial charge is 0.0725 e. The van der Waals surface area contributed by atoms with Crippen molar-refractivity contribution in [2.24, 2.45) is 0 Å². The minimum atomic E-state index is 0.571. The lowest BCUT2D eigenvalue weighted by Crippen LogP contribution is -2.28. The van der Waals surface area contributed by atoms with E-state index >= 15 is 0 Å². The van der Waals surface area contributed by atoms with Crippen molar-refractivity contribution in [1.82, 2.24) is 9.88 Å². The van der Waals surface area contributed by atoms with E-state index in [4.69, 9.17) is 0 Å². The third-order valence-electron chi connectivity index (χ3n) is 3.96. The summed E-state index contributed by atoms with van der Waals surface area (Å²) in [7, 11) is 2.16. The van der Waals surface area contributed by atoms with Crippen molar-refractivity contribution < 1.29 is 0 Å². The molecule has 1 aromatic heterocycles. The van der Waals surface area contributed by atoms with Crippen molar-refractivity contribution in [3.8, 4) is 0 Å². The van der Waals surface area contributed by atoms with Gasteiger partial charge in [0.15, 0.2) is 0 Å². The van der Waals surface area contributed by atoms with Crippen molar-refractivity contribution in [2.45, 2.75) is 26.3 Å². The zero-order valence-corrected chi connectivity index (χ0v) is 11.5. The second-order valence-electron chi connectivity index (χ2n) is 5.62. The van der Waals surface area contributed by atoms with Gasteiger partial charge in [0.05, 0.1) is 5.69 Å². The quantitative estimate of drug-likeness (QED) is 0.793. The average Bonchev–Trinajstić information content (AvgIpc) is 2.94. The summed E-state index contributed by atoms with van der Waals surface area (Å²) >= 11 is 0. The van der Waals surface area contributed by atoms with E-state index in [-0.39, 0.29) is 0 Å². The van der Waals surface area contributed by atoms with E-state index < -0.39 is 0 Å². The van der Waals surface area contributed by atoms with Crippen LogP contribution in [0.2, 0.25) is 0 Å². The van der Waals surface area contributed by atoms with Gasteiger partial charge < -0.3 is 4.90 Å². The van der Waals surface area contributed by atoms with Crippen LogP contribution in [0.15, 0.2) is 18.3 Å².